The minimum Gasteiger partial charge on any atom is -0.457 e. The van der Waals surface area contributed by atoms with Crippen LogP contribution in [0.3, 0.4) is 0 Å². The molecule has 0 bridgehead atoms. The zero-order valence-corrected chi connectivity index (χ0v) is 10.9. The summed E-state index contributed by atoms with van der Waals surface area (Å²) in [5.41, 5.74) is -0.211. The van der Waals surface area contributed by atoms with Crippen LogP contribution in [-0.2, 0) is 9.53 Å². The zero-order valence-electron chi connectivity index (χ0n) is 10.9. The van der Waals surface area contributed by atoms with Gasteiger partial charge in [-0.25, -0.2) is 9.78 Å². The van der Waals surface area contributed by atoms with E-state index in [0.29, 0.717) is 6.42 Å². The van der Waals surface area contributed by atoms with E-state index in [9.17, 15) is 28.1 Å². The summed E-state index contributed by atoms with van der Waals surface area (Å²) in [7, 11) is 0. The van der Waals surface area contributed by atoms with Crippen LogP contribution in [0.15, 0.2) is 18.3 Å². The molecule has 0 spiro atoms. The third-order valence-electron chi connectivity index (χ3n) is 2.45. The Bertz CT molecular complexity index is 504. The van der Waals surface area contributed by atoms with Gasteiger partial charge in [-0.1, -0.05) is 6.92 Å². The molecule has 0 aliphatic rings. The molecule has 1 heterocycles. The van der Waals surface area contributed by atoms with Gasteiger partial charge in [-0.05, 0) is 12.5 Å². The lowest BCUT2D eigenvalue weighted by molar-refractivity contribution is -0.385. The van der Waals surface area contributed by atoms with E-state index in [1.54, 1.807) is 6.92 Å². The normalized spacial score (nSPS) is 12.6. The van der Waals surface area contributed by atoms with Crippen molar-refractivity contribution in [3.05, 3.63) is 28.4 Å². The Kier molecular flexibility index (Phi) is 5.44. The number of esters is 1. The minimum atomic E-state index is -5.04. The number of aromatic nitrogens is 1. The molecule has 21 heavy (non-hydrogen) atoms. The van der Waals surface area contributed by atoms with Crippen molar-refractivity contribution in [2.45, 2.75) is 25.6 Å². The van der Waals surface area contributed by atoms with Crippen molar-refractivity contribution in [1.82, 2.24) is 4.98 Å². The van der Waals surface area contributed by atoms with E-state index in [-0.39, 0.29) is 11.5 Å². The largest absolute Gasteiger partial charge is 0.490 e. The van der Waals surface area contributed by atoms with Crippen molar-refractivity contribution in [3.63, 3.8) is 0 Å². The third-order valence-corrected chi connectivity index (χ3v) is 2.45. The molecule has 1 atom stereocenters. The number of hydrogen-bond donors (Lipinski definition) is 1. The topological polar surface area (TPSA) is 94.4 Å². The number of hydrogen-bond acceptors (Lipinski definition) is 6. The number of carbonyl (C=O) groups excluding carboxylic acids is 1. The second-order valence-electron chi connectivity index (χ2n) is 4.00. The van der Waals surface area contributed by atoms with Crippen LogP contribution >= 0.6 is 0 Å². The molecule has 7 nitrogen and oxygen atoms in total. The standard InChI is InChI=1S/C11H12F3N3O4/c1-2-7(6-21-10(18)11(12,13)14)16-9-4-3-8(5-15-9)17(19)20/h3-5,7H,2,6H2,1H3,(H,15,16). The SMILES string of the molecule is CCC(COC(=O)C(F)(F)F)Nc1ccc([N+](=O)[O-])cn1. The van der Waals surface area contributed by atoms with E-state index >= 15 is 0 Å². The van der Waals surface area contributed by atoms with Crippen LogP contribution in [0.1, 0.15) is 13.3 Å². The maximum absolute atomic E-state index is 12.0. The summed E-state index contributed by atoms with van der Waals surface area (Å²) in [6.07, 6.45) is -3.66. The highest BCUT2D eigenvalue weighted by Crippen LogP contribution is 2.17. The molecule has 0 radical (unpaired) electrons. The smallest absolute Gasteiger partial charge is 0.457 e. The van der Waals surface area contributed by atoms with Gasteiger partial charge in [0, 0.05) is 6.07 Å². The average molecular weight is 307 g/mol. The number of carbonyl (C=O) groups is 1. The predicted octanol–water partition coefficient (Wildman–Crippen LogP) is 2.29. The van der Waals surface area contributed by atoms with E-state index in [0.717, 1.165) is 6.20 Å². The van der Waals surface area contributed by atoms with Gasteiger partial charge in [0.2, 0.25) is 0 Å². The molecule has 0 amide bonds. The number of ether oxygens (including phenoxy) is 1. The fourth-order valence-corrected chi connectivity index (χ4v) is 1.31. The molecule has 1 N–H and O–H groups in total. The Morgan fingerprint density at radius 3 is 2.62 bits per heavy atom. The summed E-state index contributed by atoms with van der Waals surface area (Å²) in [5, 5.41) is 13.2. The number of pyridine rings is 1. The zero-order chi connectivity index (χ0) is 16.0. The fraction of sp³-hybridized carbons (Fsp3) is 0.455. The highest BCUT2D eigenvalue weighted by atomic mass is 19.4. The molecule has 10 heteroatoms. The first-order chi connectivity index (χ1) is 9.74. The van der Waals surface area contributed by atoms with E-state index in [2.05, 4.69) is 15.0 Å². The molecule has 1 rings (SSSR count). The van der Waals surface area contributed by atoms with Crippen LogP contribution in [0.4, 0.5) is 24.7 Å². The molecular formula is C11H12F3N3O4. The summed E-state index contributed by atoms with van der Waals surface area (Å²) in [5.74, 6) is -2.03. The Hall–Kier alpha value is -2.39. The first-order valence-corrected chi connectivity index (χ1v) is 5.85. The summed E-state index contributed by atoms with van der Waals surface area (Å²) >= 11 is 0. The number of rotatable bonds is 6. The van der Waals surface area contributed by atoms with E-state index < -0.39 is 29.7 Å². The Balaban J connectivity index is 2.58. The van der Waals surface area contributed by atoms with Crippen molar-refractivity contribution >= 4 is 17.5 Å². The maximum atomic E-state index is 12.0. The van der Waals surface area contributed by atoms with Crippen LogP contribution in [0.2, 0.25) is 0 Å². The molecule has 0 aliphatic carbocycles. The van der Waals surface area contributed by atoms with Crippen LogP contribution < -0.4 is 5.32 Å². The van der Waals surface area contributed by atoms with Crippen molar-refractivity contribution in [2.75, 3.05) is 11.9 Å². The number of nitro groups is 1. The second-order valence-corrected chi connectivity index (χ2v) is 4.00. The first kappa shape index (κ1) is 16.7. The van der Waals surface area contributed by atoms with E-state index in [1.165, 1.54) is 12.1 Å². The monoisotopic (exact) mass is 307 g/mol. The second kappa shape index (κ2) is 6.86. The van der Waals surface area contributed by atoms with Gasteiger partial charge in [0.15, 0.2) is 0 Å². The van der Waals surface area contributed by atoms with Gasteiger partial charge in [-0.15, -0.1) is 0 Å². The highest BCUT2D eigenvalue weighted by molar-refractivity contribution is 5.75. The number of anilines is 1. The highest BCUT2D eigenvalue weighted by Gasteiger charge is 2.41. The Morgan fingerprint density at radius 2 is 2.19 bits per heavy atom. The lowest BCUT2D eigenvalue weighted by atomic mass is 10.2. The molecule has 1 aromatic heterocycles. The van der Waals surface area contributed by atoms with Gasteiger partial charge in [0.25, 0.3) is 5.69 Å². The molecule has 0 saturated carbocycles. The van der Waals surface area contributed by atoms with Gasteiger partial charge in [-0.2, -0.15) is 13.2 Å². The lowest BCUT2D eigenvalue weighted by Crippen LogP contribution is -2.32. The molecule has 1 aromatic rings. The van der Waals surface area contributed by atoms with Crippen molar-refractivity contribution < 1.29 is 27.6 Å². The summed E-state index contributed by atoms with van der Waals surface area (Å²) in [6.45, 7) is 1.18. The summed E-state index contributed by atoms with van der Waals surface area (Å²) < 4.78 is 40.1. The van der Waals surface area contributed by atoms with Crippen molar-refractivity contribution in [1.29, 1.82) is 0 Å². The molecule has 0 fully saturated rings. The van der Waals surface area contributed by atoms with Crippen molar-refractivity contribution in [2.24, 2.45) is 0 Å². The van der Waals surface area contributed by atoms with Gasteiger partial charge < -0.3 is 10.1 Å². The molecular weight excluding hydrogens is 295 g/mol. The Morgan fingerprint density at radius 1 is 1.52 bits per heavy atom. The van der Waals surface area contributed by atoms with Crippen LogP contribution in [0.5, 0.6) is 0 Å². The van der Waals surface area contributed by atoms with E-state index in [4.69, 9.17) is 0 Å². The Labute approximate surface area is 117 Å². The molecule has 0 aromatic carbocycles. The van der Waals surface area contributed by atoms with Crippen molar-refractivity contribution in [3.8, 4) is 0 Å². The van der Waals surface area contributed by atoms with Gasteiger partial charge in [0.1, 0.15) is 18.6 Å². The number of halogens is 3. The summed E-state index contributed by atoms with van der Waals surface area (Å²) in [4.78, 5) is 24.2. The number of nitrogens with one attached hydrogen (secondary N) is 1. The number of nitrogens with zero attached hydrogens (tertiary/aromatic N) is 2. The lowest BCUT2D eigenvalue weighted by Gasteiger charge is -2.17. The van der Waals surface area contributed by atoms with Crippen LogP contribution in [0.25, 0.3) is 0 Å². The minimum absolute atomic E-state index is 0.211. The first-order valence-electron chi connectivity index (χ1n) is 5.85. The summed E-state index contributed by atoms with van der Waals surface area (Å²) in [6, 6.07) is 1.92. The van der Waals surface area contributed by atoms with Gasteiger partial charge in [-0.3, -0.25) is 10.1 Å². The molecule has 0 saturated heterocycles. The maximum Gasteiger partial charge on any atom is 0.490 e. The predicted molar refractivity (Wildman–Crippen MR) is 65.6 cm³/mol. The molecule has 0 aliphatic heterocycles. The van der Waals surface area contributed by atoms with E-state index in [1.807, 2.05) is 0 Å². The third kappa shape index (κ3) is 5.24. The fourth-order valence-electron chi connectivity index (χ4n) is 1.31. The molecule has 1 unspecified atom stereocenters. The number of alkyl halides is 3. The quantitative estimate of drug-likeness (QED) is 0.492. The van der Waals surface area contributed by atoms with Crippen LogP contribution in [-0.4, -0.2) is 34.7 Å². The van der Waals surface area contributed by atoms with Gasteiger partial charge in [0.05, 0.1) is 11.0 Å². The van der Waals surface area contributed by atoms with Crippen LogP contribution in [0, 0.1) is 10.1 Å². The average Bonchev–Trinajstić information content (AvgIpc) is 2.42. The molecule has 116 valence electrons. The van der Waals surface area contributed by atoms with Gasteiger partial charge >= 0.3 is 12.1 Å².